The van der Waals surface area contributed by atoms with E-state index in [4.69, 9.17) is 16.3 Å². The number of ether oxygens (including phenoxy) is 1. The second-order valence-electron chi connectivity index (χ2n) is 6.64. The Morgan fingerprint density at radius 1 is 1.22 bits per heavy atom. The van der Waals surface area contributed by atoms with E-state index in [9.17, 15) is 9.90 Å². The van der Waals surface area contributed by atoms with E-state index < -0.39 is 11.4 Å². The van der Waals surface area contributed by atoms with Gasteiger partial charge in [0.05, 0.1) is 28.0 Å². The molecule has 27 heavy (non-hydrogen) atoms. The van der Waals surface area contributed by atoms with Crippen LogP contribution in [0.25, 0.3) is 0 Å². The number of rotatable bonds is 5. The number of hydrogen-bond acceptors (Lipinski definition) is 5. The van der Waals surface area contributed by atoms with Crippen molar-refractivity contribution in [3.8, 4) is 5.75 Å². The zero-order chi connectivity index (χ0) is 19.6. The monoisotopic (exact) mass is 406 g/mol. The predicted octanol–water partition coefficient (Wildman–Crippen LogP) is 3.45. The summed E-state index contributed by atoms with van der Waals surface area (Å²) in [6.07, 6.45) is -1.17. The number of nitrogens with zero attached hydrogens (tertiary/aromatic N) is 2. The molecule has 1 aliphatic heterocycles. The standard InChI is InChI=1S/C20H23ClN2O3S/c1-22(2)11-12-23-16-6-4-5-15(21)19(16)27-18(17(24)20(23)25)13-7-9-14(26-3)10-8-13/h4-10,17-18,24H,11-12H2,1-3H3/t17-,18-/m0/s1. The third kappa shape index (κ3) is 4.24. The molecule has 3 rings (SSSR count). The summed E-state index contributed by atoms with van der Waals surface area (Å²) in [6.45, 7) is 1.16. The maximum absolute atomic E-state index is 13.1. The van der Waals surface area contributed by atoms with Crippen LogP contribution >= 0.6 is 23.4 Å². The molecule has 144 valence electrons. The van der Waals surface area contributed by atoms with Gasteiger partial charge in [0.1, 0.15) is 11.9 Å². The van der Waals surface area contributed by atoms with Crippen molar-refractivity contribution < 1.29 is 14.6 Å². The molecular weight excluding hydrogens is 384 g/mol. The fraction of sp³-hybridized carbons (Fsp3) is 0.350. The summed E-state index contributed by atoms with van der Waals surface area (Å²) in [5.74, 6) is 0.412. The highest BCUT2D eigenvalue weighted by molar-refractivity contribution is 8.00. The van der Waals surface area contributed by atoms with Gasteiger partial charge in [-0.3, -0.25) is 4.79 Å². The number of benzene rings is 2. The fourth-order valence-electron chi connectivity index (χ4n) is 3.00. The molecule has 7 heteroatoms. The minimum Gasteiger partial charge on any atom is -0.497 e. The van der Waals surface area contributed by atoms with Crippen LogP contribution < -0.4 is 9.64 Å². The summed E-state index contributed by atoms with van der Waals surface area (Å²) < 4.78 is 5.21. The lowest BCUT2D eigenvalue weighted by molar-refractivity contribution is -0.126. The average molecular weight is 407 g/mol. The second kappa shape index (κ2) is 8.52. The summed E-state index contributed by atoms with van der Waals surface area (Å²) in [5, 5.41) is 11.0. The lowest BCUT2D eigenvalue weighted by Crippen LogP contribution is -2.43. The fourth-order valence-corrected chi connectivity index (χ4v) is 4.58. The molecule has 0 aromatic heterocycles. The zero-order valence-electron chi connectivity index (χ0n) is 15.6. The lowest BCUT2D eigenvalue weighted by atomic mass is 10.1. The van der Waals surface area contributed by atoms with Crippen molar-refractivity contribution >= 4 is 35.0 Å². The largest absolute Gasteiger partial charge is 0.497 e. The molecule has 2 aromatic carbocycles. The molecule has 0 radical (unpaired) electrons. The van der Waals surface area contributed by atoms with E-state index in [0.717, 1.165) is 21.9 Å². The smallest absolute Gasteiger partial charge is 0.257 e. The Morgan fingerprint density at radius 3 is 2.56 bits per heavy atom. The molecule has 1 heterocycles. The van der Waals surface area contributed by atoms with Gasteiger partial charge in [-0.15, -0.1) is 11.8 Å². The third-order valence-electron chi connectivity index (χ3n) is 4.50. The van der Waals surface area contributed by atoms with Crippen molar-refractivity contribution in [2.45, 2.75) is 16.2 Å². The summed E-state index contributed by atoms with van der Waals surface area (Å²) in [7, 11) is 5.51. The van der Waals surface area contributed by atoms with Gasteiger partial charge >= 0.3 is 0 Å². The Morgan fingerprint density at radius 2 is 1.93 bits per heavy atom. The van der Waals surface area contributed by atoms with E-state index in [2.05, 4.69) is 0 Å². The van der Waals surface area contributed by atoms with Crippen LogP contribution in [0.3, 0.4) is 0 Å². The molecule has 0 unspecified atom stereocenters. The second-order valence-corrected chi connectivity index (χ2v) is 8.20. The first kappa shape index (κ1) is 20.0. The van der Waals surface area contributed by atoms with Crippen LogP contribution in [0.4, 0.5) is 5.69 Å². The summed E-state index contributed by atoms with van der Waals surface area (Å²) in [5.41, 5.74) is 1.59. The first-order valence-electron chi connectivity index (χ1n) is 8.65. The van der Waals surface area contributed by atoms with Crippen molar-refractivity contribution in [1.82, 2.24) is 4.90 Å². The molecule has 0 fully saturated rings. The van der Waals surface area contributed by atoms with Crippen molar-refractivity contribution in [1.29, 1.82) is 0 Å². The molecular formula is C20H23ClN2O3S. The van der Waals surface area contributed by atoms with Gasteiger partial charge in [0.25, 0.3) is 5.91 Å². The maximum Gasteiger partial charge on any atom is 0.257 e. The number of thioether (sulfide) groups is 1. The molecule has 2 aromatic rings. The van der Waals surface area contributed by atoms with Crippen LogP contribution in [-0.4, -0.2) is 56.3 Å². The minimum absolute atomic E-state index is 0.314. The molecule has 1 N–H and O–H groups in total. The number of fused-ring (bicyclic) bond motifs is 1. The average Bonchev–Trinajstić information content (AvgIpc) is 2.76. The van der Waals surface area contributed by atoms with Gasteiger partial charge in [-0.1, -0.05) is 29.8 Å². The summed E-state index contributed by atoms with van der Waals surface area (Å²) in [6, 6.07) is 12.9. The number of anilines is 1. The van der Waals surface area contributed by atoms with E-state index >= 15 is 0 Å². The molecule has 5 nitrogen and oxygen atoms in total. The quantitative estimate of drug-likeness (QED) is 0.824. The van der Waals surface area contributed by atoms with Gasteiger partial charge in [-0.05, 0) is 43.9 Å². The Balaban J connectivity index is 2.02. The number of amides is 1. The number of halogens is 1. The third-order valence-corrected chi connectivity index (χ3v) is 6.38. The number of carbonyl (C=O) groups is 1. The van der Waals surface area contributed by atoms with Crippen LogP contribution in [0.2, 0.25) is 5.02 Å². The first-order chi connectivity index (χ1) is 12.9. The van der Waals surface area contributed by atoms with Crippen LogP contribution in [0.5, 0.6) is 5.75 Å². The molecule has 0 spiro atoms. The highest BCUT2D eigenvalue weighted by Crippen LogP contribution is 2.48. The summed E-state index contributed by atoms with van der Waals surface area (Å²) in [4.78, 5) is 17.6. The van der Waals surface area contributed by atoms with E-state index in [1.807, 2.05) is 61.5 Å². The number of aliphatic hydroxyl groups excluding tert-OH is 1. The van der Waals surface area contributed by atoms with Crippen LogP contribution in [-0.2, 0) is 4.79 Å². The first-order valence-corrected chi connectivity index (χ1v) is 9.91. The lowest BCUT2D eigenvalue weighted by Gasteiger charge is -2.26. The van der Waals surface area contributed by atoms with Crippen LogP contribution in [0, 0.1) is 0 Å². The Hall–Kier alpha value is -1.73. The Bertz CT molecular complexity index is 813. The molecule has 0 bridgehead atoms. The van der Waals surface area contributed by atoms with Crippen molar-refractivity contribution in [3.63, 3.8) is 0 Å². The van der Waals surface area contributed by atoms with Crippen molar-refractivity contribution in [2.24, 2.45) is 0 Å². The number of aliphatic hydroxyl groups is 1. The minimum atomic E-state index is -1.17. The number of methoxy groups -OCH3 is 1. The molecule has 1 amide bonds. The van der Waals surface area contributed by atoms with E-state index in [0.29, 0.717) is 18.1 Å². The van der Waals surface area contributed by atoms with Crippen molar-refractivity contribution in [3.05, 3.63) is 53.1 Å². The molecule has 0 saturated carbocycles. The summed E-state index contributed by atoms with van der Waals surface area (Å²) >= 11 is 7.89. The molecule has 0 aliphatic carbocycles. The molecule has 1 aliphatic rings. The van der Waals surface area contributed by atoms with Gasteiger partial charge in [-0.2, -0.15) is 0 Å². The van der Waals surface area contributed by atoms with Gasteiger partial charge in [0.15, 0.2) is 0 Å². The van der Waals surface area contributed by atoms with E-state index in [1.54, 1.807) is 12.0 Å². The van der Waals surface area contributed by atoms with Crippen molar-refractivity contribution in [2.75, 3.05) is 39.2 Å². The predicted molar refractivity (Wildman–Crippen MR) is 110 cm³/mol. The van der Waals surface area contributed by atoms with Gasteiger partial charge in [0.2, 0.25) is 0 Å². The van der Waals surface area contributed by atoms with Gasteiger partial charge in [-0.25, -0.2) is 0 Å². The molecule has 0 saturated heterocycles. The Labute approximate surface area is 168 Å². The van der Waals surface area contributed by atoms with Crippen LogP contribution in [0.15, 0.2) is 47.4 Å². The van der Waals surface area contributed by atoms with Gasteiger partial charge < -0.3 is 19.6 Å². The molecule has 2 atom stereocenters. The Kier molecular flexibility index (Phi) is 6.32. The van der Waals surface area contributed by atoms with E-state index in [1.165, 1.54) is 11.8 Å². The SMILES string of the molecule is COc1ccc([C@@H]2Sc3c(Cl)cccc3N(CCN(C)C)C(=O)[C@H]2O)cc1. The van der Waals surface area contributed by atoms with Crippen LogP contribution in [0.1, 0.15) is 10.8 Å². The zero-order valence-corrected chi connectivity index (χ0v) is 17.1. The van der Waals surface area contributed by atoms with Gasteiger partial charge in [0, 0.05) is 13.1 Å². The number of carbonyl (C=O) groups excluding carboxylic acids is 1. The maximum atomic E-state index is 13.1. The highest BCUT2D eigenvalue weighted by Gasteiger charge is 2.38. The van der Waals surface area contributed by atoms with E-state index in [-0.39, 0.29) is 5.91 Å². The topological polar surface area (TPSA) is 53.0 Å². The number of hydrogen-bond donors (Lipinski definition) is 1. The highest BCUT2D eigenvalue weighted by atomic mass is 35.5. The normalized spacial score (nSPS) is 19.8. The number of likely N-dealkylation sites (N-methyl/N-ethyl adjacent to an activating group) is 1.